The molecule has 8 aromatic rings. The van der Waals surface area contributed by atoms with Crippen LogP contribution in [0.2, 0.25) is 0 Å². The Morgan fingerprint density at radius 1 is 0.500 bits per heavy atom. The van der Waals surface area contributed by atoms with Gasteiger partial charge in [0.15, 0.2) is 0 Å². The van der Waals surface area contributed by atoms with Gasteiger partial charge in [-0.25, -0.2) is 0 Å². The maximum atomic E-state index is 6.99. The summed E-state index contributed by atoms with van der Waals surface area (Å²) in [6, 6.07) is 59.8. The van der Waals surface area contributed by atoms with Gasteiger partial charge in [0.05, 0.1) is 0 Å². The third-order valence-corrected chi connectivity index (χ3v) is 11.1. The predicted octanol–water partition coefficient (Wildman–Crippen LogP) is 13.2. The molecule has 0 N–H and O–H groups in total. The lowest BCUT2D eigenvalue weighted by Crippen LogP contribution is -2.15. The average Bonchev–Trinajstić information content (AvgIpc) is 3.67. The van der Waals surface area contributed by atoms with Gasteiger partial charge >= 0.3 is 0 Å². The van der Waals surface area contributed by atoms with E-state index in [2.05, 4.69) is 178 Å². The van der Waals surface area contributed by atoms with Crippen molar-refractivity contribution >= 4 is 21.9 Å². The zero-order chi connectivity index (χ0) is 33.7. The van der Waals surface area contributed by atoms with E-state index in [9.17, 15) is 0 Å². The molecule has 0 fully saturated rings. The molecule has 1 aliphatic carbocycles. The Hall–Kier alpha value is -5.66. The van der Waals surface area contributed by atoms with Crippen molar-refractivity contribution in [2.75, 3.05) is 0 Å². The van der Waals surface area contributed by atoms with Crippen molar-refractivity contribution in [3.8, 4) is 33.4 Å². The predicted molar refractivity (Wildman–Crippen MR) is 210 cm³/mol. The Morgan fingerprint density at radius 3 is 1.88 bits per heavy atom. The number of para-hydroxylation sites is 2. The summed E-state index contributed by atoms with van der Waals surface area (Å²) in [7, 11) is 0. The Kier molecular flexibility index (Phi) is 7.50. The minimum atomic E-state index is -0.0233. The van der Waals surface area contributed by atoms with Crippen molar-refractivity contribution in [2.45, 2.75) is 44.4 Å². The second kappa shape index (κ2) is 12.3. The van der Waals surface area contributed by atoms with Gasteiger partial charge < -0.3 is 4.42 Å². The summed E-state index contributed by atoms with van der Waals surface area (Å²) in [5.41, 5.74) is 16.5. The molecule has 1 heterocycles. The Balaban J connectivity index is 1.15. The lowest BCUT2D eigenvalue weighted by molar-refractivity contribution is 0.601. The van der Waals surface area contributed by atoms with Gasteiger partial charge in [-0.15, -0.1) is 0 Å². The summed E-state index contributed by atoms with van der Waals surface area (Å²) in [6.07, 6.45) is 2.95. The highest BCUT2D eigenvalue weighted by atomic mass is 16.3. The molecule has 1 nitrogen and oxygen atoms in total. The molecule has 0 aliphatic heterocycles. The summed E-state index contributed by atoms with van der Waals surface area (Å²) >= 11 is 0. The molecular weight excluding hydrogens is 605 g/mol. The normalized spacial score (nSPS) is 13.7. The molecule has 50 heavy (non-hydrogen) atoms. The Labute approximate surface area is 294 Å². The SMILES string of the molecule is CC1(C)c2ccccc2-c2c(CC(CCc3ccc(-c4ccccc4)cc3)c3cccc4c3oc3c(-c5ccccc5)cccc34)cccc21. The molecule has 0 radical (unpaired) electrons. The quantitative estimate of drug-likeness (QED) is 0.160. The van der Waals surface area contributed by atoms with E-state index >= 15 is 0 Å². The number of rotatable bonds is 8. The first kappa shape index (κ1) is 30.4. The molecule has 1 unspecified atom stereocenters. The van der Waals surface area contributed by atoms with E-state index in [0.717, 1.165) is 36.0 Å². The van der Waals surface area contributed by atoms with Gasteiger partial charge in [-0.1, -0.05) is 178 Å². The zero-order valence-electron chi connectivity index (χ0n) is 28.7. The van der Waals surface area contributed by atoms with Crippen molar-refractivity contribution in [1.82, 2.24) is 0 Å². The Bertz CT molecular complexity index is 2460. The van der Waals surface area contributed by atoms with E-state index < -0.39 is 0 Å². The van der Waals surface area contributed by atoms with Crippen LogP contribution >= 0.6 is 0 Å². The molecule has 0 saturated heterocycles. The van der Waals surface area contributed by atoms with Gasteiger partial charge in [0.25, 0.3) is 0 Å². The van der Waals surface area contributed by atoms with Crippen LogP contribution in [-0.4, -0.2) is 0 Å². The standard InChI is InChI=1S/C49H40O/c1-49(2)44-24-10-9-19-43(44)46-38(18-11-25-45(46)49)32-37(31-28-33-26-29-35(30-27-33)34-14-5-3-6-15-34)40-21-13-23-42-41-22-12-20-39(47(41)50-48(40)42)36-16-7-4-8-17-36/h3-27,29-30,37H,28,31-32H2,1-2H3. The van der Waals surface area contributed by atoms with Crippen molar-refractivity contribution in [3.63, 3.8) is 0 Å². The van der Waals surface area contributed by atoms with Crippen LogP contribution in [0.4, 0.5) is 0 Å². The van der Waals surface area contributed by atoms with E-state index in [0.29, 0.717) is 0 Å². The molecule has 1 atom stereocenters. The van der Waals surface area contributed by atoms with Crippen LogP contribution in [0.15, 0.2) is 168 Å². The summed E-state index contributed by atoms with van der Waals surface area (Å²) < 4.78 is 6.99. The molecule has 9 rings (SSSR count). The molecular formula is C49H40O. The number of aryl methyl sites for hydroxylation is 1. The lowest BCUT2D eigenvalue weighted by Gasteiger charge is -2.23. The van der Waals surface area contributed by atoms with Crippen LogP contribution < -0.4 is 0 Å². The highest BCUT2D eigenvalue weighted by Crippen LogP contribution is 2.51. The second-order valence-corrected chi connectivity index (χ2v) is 14.4. The van der Waals surface area contributed by atoms with E-state index in [1.54, 1.807) is 0 Å². The van der Waals surface area contributed by atoms with Crippen molar-refractivity contribution in [1.29, 1.82) is 0 Å². The number of hydrogen-bond acceptors (Lipinski definition) is 1. The molecule has 1 aromatic heterocycles. The van der Waals surface area contributed by atoms with E-state index in [4.69, 9.17) is 4.42 Å². The fourth-order valence-corrected chi connectivity index (χ4v) is 8.48. The van der Waals surface area contributed by atoms with E-state index in [1.807, 2.05) is 0 Å². The Morgan fingerprint density at radius 2 is 1.10 bits per heavy atom. The molecule has 7 aromatic carbocycles. The topological polar surface area (TPSA) is 13.1 Å². The first-order valence-electron chi connectivity index (χ1n) is 17.9. The van der Waals surface area contributed by atoms with Crippen LogP contribution in [-0.2, 0) is 18.3 Å². The van der Waals surface area contributed by atoms with E-state index in [1.165, 1.54) is 66.4 Å². The highest BCUT2D eigenvalue weighted by Gasteiger charge is 2.36. The first-order valence-corrected chi connectivity index (χ1v) is 17.9. The van der Waals surface area contributed by atoms with E-state index in [-0.39, 0.29) is 11.3 Å². The first-order chi connectivity index (χ1) is 24.6. The summed E-state index contributed by atoms with van der Waals surface area (Å²) in [6.45, 7) is 4.75. The number of hydrogen-bond donors (Lipinski definition) is 0. The van der Waals surface area contributed by atoms with Gasteiger partial charge in [-0.3, -0.25) is 0 Å². The van der Waals surface area contributed by atoms with Gasteiger partial charge in [0.2, 0.25) is 0 Å². The summed E-state index contributed by atoms with van der Waals surface area (Å²) in [5.74, 6) is 0.260. The van der Waals surface area contributed by atoms with Gasteiger partial charge in [-0.2, -0.15) is 0 Å². The molecule has 1 aliphatic rings. The second-order valence-electron chi connectivity index (χ2n) is 14.4. The van der Waals surface area contributed by atoms with Crippen LogP contribution in [0.5, 0.6) is 0 Å². The van der Waals surface area contributed by atoms with Gasteiger partial charge in [0, 0.05) is 21.8 Å². The molecule has 242 valence electrons. The van der Waals surface area contributed by atoms with Crippen LogP contribution in [0.3, 0.4) is 0 Å². The monoisotopic (exact) mass is 644 g/mol. The van der Waals surface area contributed by atoms with Gasteiger partial charge in [0.1, 0.15) is 11.2 Å². The third kappa shape index (κ3) is 5.17. The van der Waals surface area contributed by atoms with Gasteiger partial charge in [-0.05, 0) is 80.8 Å². The molecule has 0 spiro atoms. The maximum Gasteiger partial charge on any atom is 0.143 e. The molecule has 0 amide bonds. The number of furan rings is 1. The maximum absolute atomic E-state index is 6.99. The molecule has 0 saturated carbocycles. The van der Waals surface area contributed by atoms with Crippen LogP contribution in [0.1, 0.15) is 54.0 Å². The number of benzene rings is 7. The fraction of sp³-hybridized carbons (Fsp3) is 0.143. The largest absolute Gasteiger partial charge is 0.455 e. The van der Waals surface area contributed by atoms with Crippen molar-refractivity contribution in [2.24, 2.45) is 0 Å². The van der Waals surface area contributed by atoms with Crippen molar-refractivity contribution < 1.29 is 4.42 Å². The minimum Gasteiger partial charge on any atom is -0.455 e. The minimum absolute atomic E-state index is 0.0233. The molecule has 0 bridgehead atoms. The smallest absolute Gasteiger partial charge is 0.143 e. The van der Waals surface area contributed by atoms with Crippen LogP contribution in [0, 0.1) is 0 Å². The lowest BCUT2D eigenvalue weighted by atomic mass is 9.81. The highest BCUT2D eigenvalue weighted by molar-refractivity contribution is 6.10. The molecule has 1 heteroatoms. The third-order valence-electron chi connectivity index (χ3n) is 11.1. The average molecular weight is 645 g/mol. The zero-order valence-corrected chi connectivity index (χ0v) is 28.7. The number of fused-ring (bicyclic) bond motifs is 6. The van der Waals surface area contributed by atoms with Crippen LogP contribution in [0.25, 0.3) is 55.3 Å². The van der Waals surface area contributed by atoms with Crippen molar-refractivity contribution in [3.05, 3.63) is 192 Å². The summed E-state index contributed by atoms with van der Waals surface area (Å²) in [5, 5.41) is 2.37. The fourth-order valence-electron chi connectivity index (χ4n) is 8.48. The summed E-state index contributed by atoms with van der Waals surface area (Å²) in [4.78, 5) is 0.